The van der Waals surface area contributed by atoms with Crippen LogP contribution in [0.5, 0.6) is 0 Å². The molecule has 0 spiro atoms. The van der Waals surface area contributed by atoms with Crippen LogP contribution in [0, 0.1) is 16.0 Å². The van der Waals surface area contributed by atoms with Crippen LogP contribution in [-0.2, 0) is 0 Å². The Bertz CT molecular complexity index is 451. The van der Waals surface area contributed by atoms with Gasteiger partial charge in [-0.2, -0.15) is 0 Å². The number of nitro benzene ring substituents is 1. The van der Waals surface area contributed by atoms with Crippen LogP contribution in [0.3, 0.4) is 0 Å². The van der Waals surface area contributed by atoms with Gasteiger partial charge < -0.3 is 5.32 Å². The monoisotopic (exact) mass is 268 g/mol. The van der Waals surface area contributed by atoms with Gasteiger partial charge in [0.05, 0.1) is 4.92 Å². The van der Waals surface area contributed by atoms with E-state index in [9.17, 15) is 10.1 Å². The van der Waals surface area contributed by atoms with Gasteiger partial charge in [0.15, 0.2) is 0 Å². The van der Waals surface area contributed by atoms with Crippen molar-refractivity contribution in [3.8, 4) is 0 Å². The van der Waals surface area contributed by atoms with Crippen LogP contribution in [-0.4, -0.2) is 11.0 Å². The normalized spacial score (nSPS) is 23.7. The third-order valence-corrected chi connectivity index (χ3v) is 3.77. The van der Waals surface area contributed by atoms with Crippen molar-refractivity contribution in [3.63, 3.8) is 0 Å². The first-order valence-corrected chi connectivity index (χ1v) is 6.64. The number of benzene rings is 1. The molecule has 0 amide bonds. The summed E-state index contributed by atoms with van der Waals surface area (Å²) < 4.78 is 0. The Morgan fingerprint density at radius 3 is 2.89 bits per heavy atom. The molecule has 1 aromatic rings. The van der Waals surface area contributed by atoms with Crippen LogP contribution in [0.2, 0.25) is 5.02 Å². The fraction of sp³-hybridized carbons (Fsp3) is 0.538. The second-order valence-electron chi connectivity index (χ2n) is 5.04. The number of hydrogen-bond donors (Lipinski definition) is 1. The molecular formula is C13H17ClN2O2. The summed E-state index contributed by atoms with van der Waals surface area (Å²) in [7, 11) is 0. The summed E-state index contributed by atoms with van der Waals surface area (Å²) in [6.45, 7) is 2.25. The molecule has 0 aromatic heterocycles. The largest absolute Gasteiger partial charge is 0.382 e. The van der Waals surface area contributed by atoms with Crippen molar-refractivity contribution in [2.24, 2.45) is 5.92 Å². The van der Waals surface area contributed by atoms with Crippen molar-refractivity contribution in [1.82, 2.24) is 0 Å². The molecule has 0 heterocycles. The van der Waals surface area contributed by atoms with Gasteiger partial charge >= 0.3 is 0 Å². The van der Waals surface area contributed by atoms with Gasteiger partial charge in [0.1, 0.15) is 5.02 Å². The second kappa shape index (κ2) is 5.57. The highest BCUT2D eigenvalue weighted by Gasteiger charge is 2.20. The Balaban J connectivity index is 2.09. The van der Waals surface area contributed by atoms with Gasteiger partial charge in [-0.1, -0.05) is 31.4 Å². The SMILES string of the molecule is CC1CCCC(Nc2ccc(Cl)c([N+](=O)[O-])c2)C1. The van der Waals surface area contributed by atoms with E-state index in [1.807, 2.05) is 0 Å². The van der Waals surface area contributed by atoms with Crippen LogP contribution in [0.1, 0.15) is 32.6 Å². The average molecular weight is 269 g/mol. The smallest absolute Gasteiger partial charge is 0.289 e. The predicted octanol–water partition coefficient (Wildman–Crippen LogP) is 4.24. The first-order chi connectivity index (χ1) is 8.56. The van der Waals surface area contributed by atoms with Crippen molar-refractivity contribution in [3.05, 3.63) is 33.3 Å². The van der Waals surface area contributed by atoms with Gasteiger partial charge in [-0.25, -0.2) is 0 Å². The molecule has 4 nitrogen and oxygen atoms in total. The minimum absolute atomic E-state index is 0.0366. The molecule has 0 bridgehead atoms. The summed E-state index contributed by atoms with van der Waals surface area (Å²) in [6, 6.07) is 5.30. The van der Waals surface area contributed by atoms with Crippen LogP contribution >= 0.6 is 11.6 Å². The Kier molecular flexibility index (Phi) is 4.07. The maximum absolute atomic E-state index is 10.8. The van der Waals surface area contributed by atoms with E-state index in [1.54, 1.807) is 12.1 Å². The molecule has 5 heteroatoms. The molecule has 1 aromatic carbocycles. The third kappa shape index (κ3) is 3.13. The number of nitrogens with one attached hydrogen (secondary N) is 1. The molecule has 0 radical (unpaired) electrons. The maximum Gasteiger partial charge on any atom is 0.289 e. The summed E-state index contributed by atoms with van der Waals surface area (Å²) in [4.78, 5) is 10.4. The lowest BCUT2D eigenvalue weighted by atomic mass is 9.87. The standard InChI is InChI=1S/C13H17ClN2O2/c1-9-3-2-4-10(7-9)15-11-5-6-12(14)13(8-11)16(17)18/h5-6,8-10,15H,2-4,7H2,1H3. The predicted molar refractivity (Wildman–Crippen MR) is 73.1 cm³/mol. The van der Waals surface area contributed by atoms with E-state index in [1.165, 1.54) is 18.9 Å². The Morgan fingerprint density at radius 2 is 2.22 bits per heavy atom. The van der Waals surface area contributed by atoms with Crippen molar-refractivity contribution in [2.45, 2.75) is 38.6 Å². The zero-order valence-electron chi connectivity index (χ0n) is 10.4. The van der Waals surface area contributed by atoms with E-state index in [0.29, 0.717) is 6.04 Å². The molecule has 1 saturated carbocycles. The van der Waals surface area contributed by atoms with E-state index in [4.69, 9.17) is 11.6 Å². The third-order valence-electron chi connectivity index (χ3n) is 3.45. The molecule has 2 atom stereocenters. The van der Waals surface area contributed by atoms with Gasteiger partial charge in [0.25, 0.3) is 5.69 Å². The molecule has 0 aliphatic heterocycles. The second-order valence-corrected chi connectivity index (χ2v) is 5.44. The lowest BCUT2D eigenvalue weighted by Crippen LogP contribution is -2.26. The quantitative estimate of drug-likeness (QED) is 0.659. The highest BCUT2D eigenvalue weighted by Crippen LogP contribution is 2.30. The van der Waals surface area contributed by atoms with E-state index < -0.39 is 4.92 Å². The van der Waals surface area contributed by atoms with Gasteiger partial charge in [-0.3, -0.25) is 10.1 Å². The van der Waals surface area contributed by atoms with Crippen LogP contribution in [0.4, 0.5) is 11.4 Å². The van der Waals surface area contributed by atoms with Crippen LogP contribution in [0.15, 0.2) is 18.2 Å². The summed E-state index contributed by atoms with van der Waals surface area (Å²) in [5, 5.41) is 14.4. The van der Waals surface area contributed by atoms with Crippen molar-refractivity contribution >= 4 is 23.0 Å². The zero-order chi connectivity index (χ0) is 13.1. The Morgan fingerprint density at radius 1 is 1.44 bits per heavy atom. The van der Waals surface area contributed by atoms with Gasteiger partial charge in [-0.15, -0.1) is 0 Å². The highest BCUT2D eigenvalue weighted by atomic mass is 35.5. The topological polar surface area (TPSA) is 55.2 Å². The Labute approximate surface area is 111 Å². The van der Waals surface area contributed by atoms with Gasteiger partial charge in [0, 0.05) is 17.8 Å². The number of halogens is 1. The number of nitro groups is 1. The summed E-state index contributed by atoms with van der Waals surface area (Å²) >= 11 is 5.79. The highest BCUT2D eigenvalue weighted by molar-refractivity contribution is 6.32. The molecule has 2 rings (SSSR count). The minimum Gasteiger partial charge on any atom is -0.382 e. The summed E-state index contributed by atoms with van der Waals surface area (Å²) in [5.41, 5.74) is 0.746. The fourth-order valence-corrected chi connectivity index (χ4v) is 2.73. The number of anilines is 1. The summed E-state index contributed by atoms with van der Waals surface area (Å²) in [6.07, 6.45) is 4.74. The average Bonchev–Trinajstić information content (AvgIpc) is 2.31. The molecule has 98 valence electrons. The molecule has 1 fully saturated rings. The first-order valence-electron chi connectivity index (χ1n) is 6.26. The lowest BCUT2D eigenvalue weighted by molar-refractivity contribution is -0.384. The first kappa shape index (κ1) is 13.1. The zero-order valence-corrected chi connectivity index (χ0v) is 11.1. The van der Waals surface area contributed by atoms with Gasteiger partial charge in [-0.05, 0) is 30.9 Å². The van der Waals surface area contributed by atoms with E-state index in [-0.39, 0.29) is 10.7 Å². The lowest BCUT2D eigenvalue weighted by Gasteiger charge is -2.28. The fourth-order valence-electron chi connectivity index (χ4n) is 2.54. The number of rotatable bonds is 3. The van der Waals surface area contributed by atoms with Crippen molar-refractivity contribution in [1.29, 1.82) is 0 Å². The van der Waals surface area contributed by atoms with Crippen molar-refractivity contribution in [2.75, 3.05) is 5.32 Å². The van der Waals surface area contributed by atoms with E-state index >= 15 is 0 Å². The Hall–Kier alpha value is -1.29. The molecule has 18 heavy (non-hydrogen) atoms. The molecule has 1 N–H and O–H groups in total. The molecular weight excluding hydrogens is 252 g/mol. The van der Waals surface area contributed by atoms with Crippen molar-refractivity contribution < 1.29 is 4.92 Å². The van der Waals surface area contributed by atoms with E-state index in [2.05, 4.69) is 12.2 Å². The minimum atomic E-state index is -0.447. The number of hydrogen-bond acceptors (Lipinski definition) is 3. The molecule has 0 saturated heterocycles. The molecule has 1 aliphatic rings. The molecule has 2 unspecified atom stereocenters. The number of nitrogens with zero attached hydrogens (tertiary/aromatic N) is 1. The maximum atomic E-state index is 10.8. The van der Waals surface area contributed by atoms with Crippen LogP contribution in [0.25, 0.3) is 0 Å². The van der Waals surface area contributed by atoms with Gasteiger partial charge in [0.2, 0.25) is 0 Å². The van der Waals surface area contributed by atoms with E-state index in [0.717, 1.165) is 24.4 Å². The summed E-state index contributed by atoms with van der Waals surface area (Å²) in [5.74, 6) is 0.721. The molecule has 1 aliphatic carbocycles. The van der Waals surface area contributed by atoms with Crippen LogP contribution < -0.4 is 5.32 Å².